The molecule has 1 aromatic rings. The Morgan fingerprint density at radius 2 is 1.82 bits per heavy atom. The second-order valence-electron chi connectivity index (χ2n) is 4.71. The molecule has 1 atom stereocenters. The van der Waals surface area contributed by atoms with Crippen molar-refractivity contribution in [3.05, 3.63) is 35.9 Å². The van der Waals surface area contributed by atoms with Crippen LogP contribution in [0.4, 0.5) is 0 Å². The largest absolute Gasteiger partial charge is 0.395 e. The van der Waals surface area contributed by atoms with Gasteiger partial charge in [0.1, 0.15) is 0 Å². The number of hydrogen-bond acceptors (Lipinski definition) is 2. The third-order valence-electron chi connectivity index (χ3n) is 2.70. The molecular formula is C14H24ClNO. The average Bonchev–Trinajstić information content (AvgIpc) is 2.28. The number of aliphatic hydroxyl groups excluding tert-OH is 1. The summed E-state index contributed by atoms with van der Waals surface area (Å²) >= 11 is 0. The lowest BCUT2D eigenvalue weighted by Crippen LogP contribution is -2.35. The van der Waals surface area contributed by atoms with E-state index in [4.69, 9.17) is 0 Å². The predicted octanol–water partition coefficient (Wildman–Crippen LogP) is 2.65. The van der Waals surface area contributed by atoms with Crippen molar-refractivity contribution in [1.29, 1.82) is 0 Å². The van der Waals surface area contributed by atoms with Gasteiger partial charge in [0.25, 0.3) is 0 Å². The topological polar surface area (TPSA) is 32.3 Å². The van der Waals surface area contributed by atoms with Crippen LogP contribution in [0.2, 0.25) is 0 Å². The Morgan fingerprint density at radius 1 is 1.18 bits per heavy atom. The van der Waals surface area contributed by atoms with Gasteiger partial charge < -0.3 is 10.4 Å². The molecule has 0 aliphatic carbocycles. The molecule has 0 aliphatic heterocycles. The van der Waals surface area contributed by atoms with Gasteiger partial charge in [0.15, 0.2) is 0 Å². The van der Waals surface area contributed by atoms with E-state index < -0.39 is 0 Å². The summed E-state index contributed by atoms with van der Waals surface area (Å²) in [4.78, 5) is 0. The van der Waals surface area contributed by atoms with E-state index in [2.05, 4.69) is 31.3 Å². The lowest BCUT2D eigenvalue weighted by molar-refractivity contribution is 0.240. The molecule has 0 saturated heterocycles. The van der Waals surface area contributed by atoms with Crippen molar-refractivity contribution < 1.29 is 5.11 Å². The summed E-state index contributed by atoms with van der Waals surface area (Å²) in [6.07, 6.45) is 2.06. The van der Waals surface area contributed by atoms with E-state index >= 15 is 0 Å². The van der Waals surface area contributed by atoms with Gasteiger partial charge in [-0.2, -0.15) is 0 Å². The fourth-order valence-corrected chi connectivity index (χ4v) is 1.68. The minimum Gasteiger partial charge on any atom is -0.395 e. The molecule has 17 heavy (non-hydrogen) atoms. The SMILES string of the molecule is CC(C)CCN[C@@H](CO)Cc1ccccc1.Cl. The van der Waals surface area contributed by atoms with Crippen molar-refractivity contribution in [1.82, 2.24) is 5.32 Å². The minimum atomic E-state index is 0. The number of rotatable bonds is 7. The molecule has 98 valence electrons. The van der Waals surface area contributed by atoms with Crippen LogP contribution >= 0.6 is 12.4 Å². The molecule has 0 heterocycles. The van der Waals surface area contributed by atoms with E-state index in [1.807, 2.05) is 18.2 Å². The Morgan fingerprint density at radius 3 is 2.35 bits per heavy atom. The lowest BCUT2D eigenvalue weighted by atomic mass is 10.1. The number of nitrogens with one attached hydrogen (secondary N) is 1. The third kappa shape index (κ3) is 7.37. The van der Waals surface area contributed by atoms with Crippen LogP contribution in [-0.4, -0.2) is 24.3 Å². The zero-order valence-corrected chi connectivity index (χ0v) is 11.5. The van der Waals surface area contributed by atoms with Crippen molar-refractivity contribution in [2.24, 2.45) is 5.92 Å². The first kappa shape index (κ1) is 16.4. The van der Waals surface area contributed by atoms with Gasteiger partial charge in [-0.3, -0.25) is 0 Å². The second kappa shape index (κ2) is 9.46. The number of aliphatic hydroxyl groups is 1. The lowest BCUT2D eigenvalue weighted by Gasteiger charge is -2.17. The van der Waals surface area contributed by atoms with Crippen LogP contribution in [0, 0.1) is 5.92 Å². The van der Waals surface area contributed by atoms with Gasteiger partial charge in [-0.05, 0) is 30.9 Å². The van der Waals surface area contributed by atoms with Gasteiger partial charge in [0.2, 0.25) is 0 Å². The quantitative estimate of drug-likeness (QED) is 0.787. The first-order valence-corrected chi connectivity index (χ1v) is 6.10. The van der Waals surface area contributed by atoms with Crippen LogP contribution in [0.3, 0.4) is 0 Å². The maximum atomic E-state index is 9.29. The van der Waals surface area contributed by atoms with Gasteiger partial charge in [0, 0.05) is 6.04 Å². The Bertz CT molecular complexity index is 277. The molecule has 0 saturated carbocycles. The molecule has 3 heteroatoms. The van der Waals surface area contributed by atoms with Crippen molar-refractivity contribution >= 4 is 12.4 Å². The predicted molar refractivity (Wildman–Crippen MR) is 75.7 cm³/mol. The molecule has 0 spiro atoms. The fourth-order valence-electron chi connectivity index (χ4n) is 1.68. The second-order valence-corrected chi connectivity index (χ2v) is 4.71. The van der Waals surface area contributed by atoms with Crippen molar-refractivity contribution in [3.8, 4) is 0 Å². The van der Waals surface area contributed by atoms with E-state index in [0.29, 0.717) is 5.92 Å². The Labute approximate surface area is 111 Å². The van der Waals surface area contributed by atoms with Crippen LogP contribution in [0.25, 0.3) is 0 Å². The maximum Gasteiger partial charge on any atom is 0.0587 e. The summed E-state index contributed by atoms with van der Waals surface area (Å²) in [5.74, 6) is 0.712. The van der Waals surface area contributed by atoms with Gasteiger partial charge in [-0.25, -0.2) is 0 Å². The summed E-state index contributed by atoms with van der Waals surface area (Å²) in [6, 6.07) is 10.5. The fraction of sp³-hybridized carbons (Fsp3) is 0.571. The molecule has 0 aromatic heterocycles. The number of benzene rings is 1. The summed E-state index contributed by atoms with van der Waals surface area (Å²) in [7, 11) is 0. The van der Waals surface area contributed by atoms with E-state index in [1.165, 1.54) is 5.56 Å². The van der Waals surface area contributed by atoms with Crippen molar-refractivity contribution in [2.75, 3.05) is 13.2 Å². The van der Waals surface area contributed by atoms with Gasteiger partial charge in [0.05, 0.1) is 6.61 Å². The van der Waals surface area contributed by atoms with Crippen LogP contribution < -0.4 is 5.32 Å². The average molecular weight is 258 g/mol. The number of halogens is 1. The molecule has 0 aliphatic rings. The van der Waals surface area contributed by atoms with Gasteiger partial charge in [-0.1, -0.05) is 44.2 Å². The van der Waals surface area contributed by atoms with Gasteiger partial charge >= 0.3 is 0 Å². The van der Waals surface area contributed by atoms with E-state index in [9.17, 15) is 5.11 Å². The number of hydrogen-bond donors (Lipinski definition) is 2. The van der Waals surface area contributed by atoms with E-state index in [1.54, 1.807) is 0 Å². The minimum absolute atomic E-state index is 0. The zero-order valence-electron chi connectivity index (χ0n) is 10.7. The highest BCUT2D eigenvalue weighted by Crippen LogP contribution is 2.03. The van der Waals surface area contributed by atoms with Crippen molar-refractivity contribution in [3.63, 3.8) is 0 Å². The summed E-state index contributed by atoms with van der Waals surface area (Å²) < 4.78 is 0. The Balaban J connectivity index is 0.00000256. The maximum absolute atomic E-state index is 9.29. The van der Waals surface area contributed by atoms with Crippen LogP contribution in [0.15, 0.2) is 30.3 Å². The smallest absolute Gasteiger partial charge is 0.0587 e. The van der Waals surface area contributed by atoms with Gasteiger partial charge in [-0.15, -0.1) is 12.4 Å². The molecule has 0 bridgehead atoms. The summed E-state index contributed by atoms with van der Waals surface area (Å²) in [6.45, 7) is 5.61. The highest BCUT2D eigenvalue weighted by molar-refractivity contribution is 5.85. The highest BCUT2D eigenvalue weighted by Gasteiger charge is 2.07. The molecule has 0 radical (unpaired) electrons. The Kier molecular flexibility index (Phi) is 9.14. The van der Waals surface area contributed by atoms with Crippen LogP contribution in [-0.2, 0) is 6.42 Å². The van der Waals surface area contributed by atoms with Crippen molar-refractivity contribution in [2.45, 2.75) is 32.7 Å². The molecule has 1 aromatic carbocycles. The molecule has 0 fully saturated rings. The van der Waals surface area contributed by atoms with E-state index in [-0.39, 0.29) is 25.1 Å². The normalized spacial score (nSPS) is 12.2. The zero-order chi connectivity index (χ0) is 11.8. The van der Waals surface area contributed by atoms with Crippen LogP contribution in [0.5, 0.6) is 0 Å². The molecule has 1 rings (SSSR count). The molecular weight excluding hydrogens is 234 g/mol. The summed E-state index contributed by atoms with van der Waals surface area (Å²) in [5, 5.41) is 12.7. The first-order chi connectivity index (χ1) is 7.72. The standard InChI is InChI=1S/C14H23NO.ClH/c1-12(2)8-9-15-14(11-16)10-13-6-4-3-5-7-13;/h3-7,12,14-16H,8-11H2,1-2H3;1H/t14-;/m1./s1. The van der Waals surface area contributed by atoms with E-state index in [0.717, 1.165) is 19.4 Å². The molecule has 0 amide bonds. The molecule has 0 unspecified atom stereocenters. The third-order valence-corrected chi connectivity index (χ3v) is 2.70. The summed E-state index contributed by atoms with van der Waals surface area (Å²) in [5.41, 5.74) is 1.28. The monoisotopic (exact) mass is 257 g/mol. The Hall–Kier alpha value is -0.570. The molecule has 2 N–H and O–H groups in total. The first-order valence-electron chi connectivity index (χ1n) is 6.10. The van der Waals surface area contributed by atoms with Crippen LogP contribution in [0.1, 0.15) is 25.8 Å². The highest BCUT2D eigenvalue weighted by atomic mass is 35.5. The molecule has 2 nitrogen and oxygen atoms in total.